The molecule has 1 fully saturated rings. The zero-order valence-corrected chi connectivity index (χ0v) is 21.0. The number of pyridine rings is 1. The lowest BCUT2D eigenvalue weighted by atomic mass is 10.1. The lowest BCUT2D eigenvalue weighted by molar-refractivity contribution is 0.0613. The molecular weight excluding hydrogens is 454 g/mol. The van der Waals surface area contributed by atoms with Crippen molar-refractivity contribution in [3.05, 3.63) is 83.6 Å². The highest BCUT2D eigenvalue weighted by atomic mass is 16.5. The number of rotatable bonds is 8. The summed E-state index contributed by atoms with van der Waals surface area (Å²) in [6, 6.07) is 21.7. The number of ether oxygens (including phenoxy) is 2. The van der Waals surface area contributed by atoms with Crippen molar-refractivity contribution >= 4 is 11.5 Å². The highest BCUT2D eigenvalue weighted by Crippen LogP contribution is 2.27. The van der Waals surface area contributed by atoms with Crippen LogP contribution in [-0.4, -0.2) is 68.0 Å². The molecule has 8 heteroatoms. The molecule has 1 aliphatic rings. The van der Waals surface area contributed by atoms with Crippen molar-refractivity contribution in [2.75, 3.05) is 63.7 Å². The van der Waals surface area contributed by atoms with Crippen LogP contribution in [-0.2, 0) is 4.74 Å². The Hall–Kier alpha value is -3.64. The molecular formula is C28H35N5O3. The van der Waals surface area contributed by atoms with Crippen LogP contribution in [0.25, 0.3) is 0 Å². The molecule has 0 bridgehead atoms. The highest BCUT2D eigenvalue weighted by Gasteiger charge is 2.23. The summed E-state index contributed by atoms with van der Waals surface area (Å²) in [6.07, 6.45) is 1.70. The van der Waals surface area contributed by atoms with E-state index >= 15 is 0 Å². The van der Waals surface area contributed by atoms with Gasteiger partial charge in [-0.2, -0.15) is 5.26 Å². The summed E-state index contributed by atoms with van der Waals surface area (Å²) in [5, 5.41) is 18.4. The molecule has 2 heterocycles. The van der Waals surface area contributed by atoms with E-state index in [4.69, 9.17) is 20.3 Å². The number of hydrogen-bond donors (Lipinski definition) is 2. The molecule has 0 aliphatic carbocycles. The van der Waals surface area contributed by atoms with E-state index in [0.29, 0.717) is 17.1 Å². The molecule has 1 aliphatic heterocycles. The van der Waals surface area contributed by atoms with Crippen LogP contribution in [0.4, 0.5) is 11.5 Å². The minimum absolute atomic E-state index is 0.0551. The number of nitriles is 1. The van der Waals surface area contributed by atoms with Crippen molar-refractivity contribution in [1.29, 1.82) is 5.26 Å². The normalized spacial score (nSPS) is 14.3. The third-order valence-electron chi connectivity index (χ3n) is 5.99. The number of methoxy groups -OCH3 is 1. The summed E-state index contributed by atoms with van der Waals surface area (Å²) in [4.78, 5) is 8.73. The predicted octanol–water partition coefficient (Wildman–Crippen LogP) is 3.41. The molecule has 4 rings (SSSR count). The van der Waals surface area contributed by atoms with E-state index in [2.05, 4.69) is 39.9 Å². The fourth-order valence-corrected chi connectivity index (χ4v) is 4.00. The Balaban J connectivity index is 0.000000444. The van der Waals surface area contributed by atoms with Gasteiger partial charge in [-0.1, -0.05) is 42.0 Å². The third-order valence-corrected chi connectivity index (χ3v) is 5.99. The third kappa shape index (κ3) is 7.95. The second kappa shape index (κ2) is 14.0. The maximum Gasteiger partial charge on any atom is 0.123 e. The van der Waals surface area contributed by atoms with E-state index in [1.807, 2.05) is 36.4 Å². The van der Waals surface area contributed by atoms with E-state index in [1.54, 1.807) is 25.4 Å². The number of anilines is 2. The fraction of sp³-hybridized carbons (Fsp3) is 0.357. The number of nitrogens with zero attached hydrogens (tertiary/aromatic N) is 4. The Labute approximate surface area is 213 Å². The van der Waals surface area contributed by atoms with Crippen LogP contribution < -0.4 is 15.4 Å². The van der Waals surface area contributed by atoms with Gasteiger partial charge < -0.3 is 25.2 Å². The molecule has 0 spiro atoms. The molecule has 2 aromatic carbocycles. The Bertz CT molecular complexity index is 1090. The minimum Gasteiger partial charge on any atom is -0.491 e. The van der Waals surface area contributed by atoms with Gasteiger partial charge in [-0.3, -0.25) is 4.90 Å². The molecule has 1 aromatic heterocycles. The van der Waals surface area contributed by atoms with Gasteiger partial charge >= 0.3 is 0 Å². The van der Waals surface area contributed by atoms with Gasteiger partial charge in [0.2, 0.25) is 0 Å². The second-order valence-electron chi connectivity index (χ2n) is 8.55. The lowest BCUT2D eigenvalue weighted by Gasteiger charge is -2.37. The molecule has 36 heavy (non-hydrogen) atoms. The molecule has 0 amide bonds. The summed E-state index contributed by atoms with van der Waals surface area (Å²) in [5.74, 6) is 1.09. The largest absolute Gasteiger partial charge is 0.491 e. The zero-order valence-electron chi connectivity index (χ0n) is 21.0. The zero-order chi connectivity index (χ0) is 25.8. The Kier molecular flexibility index (Phi) is 10.5. The van der Waals surface area contributed by atoms with Crippen molar-refractivity contribution in [1.82, 2.24) is 9.88 Å². The minimum atomic E-state index is -0.0627. The Morgan fingerprint density at radius 3 is 2.39 bits per heavy atom. The van der Waals surface area contributed by atoms with Gasteiger partial charge in [0, 0.05) is 51.6 Å². The summed E-state index contributed by atoms with van der Waals surface area (Å²) < 4.78 is 11.1. The van der Waals surface area contributed by atoms with E-state index in [-0.39, 0.29) is 19.3 Å². The topological polar surface area (TPSA) is 108 Å². The smallest absolute Gasteiger partial charge is 0.123 e. The molecule has 1 unspecified atom stereocenters. The number of aromatic nitrogens is 1. The Morgan fingerprint density at radius 1 is 1.08 bits per heavy atom. The van der Waals surface area contributed by atoms with E-state index in [9.17, 15) is 5.26 Å². The maximum absolute atomic E-state index is 9.52. The number of nitrogen functional groups attached to an aromatic ring is 1. The van der Waals surface area contributed by atoms with Crippen molar-refractivity contribution in [3.8, 4) is 11.8 Å². The van der Waals surface area contributed by atoms with Crippen LogP contribution >= 0.6 is 0 Å². The van der Waals surface area contributed by atoms with Gasteiger partial charge in [-0.25, -0.2) is 4.98 Å². The van der Waals surface area contributed by atoms with Crippen LogP contribution in [0.15, 0.2) is 66.9 Å². The van der Waals surface area contributed by atoms with Crippen LogP contribution in [0, 0.1) is 18.3 Å². The van der Waals surface area contributed by atoms with Crippen LogP contribution in [0.2, 0.25) is 0 Å². The van der Waals surface area contributed by atoms with Gasteiger partial charge in [0.15, 0.2) is 0 Å². The molecule has 0 radical (unpaired) electrons. The highest BCUT2D eigenvalue weighted by molar-refractivity contribution is 5.62. The van der Waals surface area contributed by atoms with Crippen molar-refractivity contribution in [2.45, 2.75) is 13.0 Å². The first-order valence-electron chi connectivity index (χ1n) is 12.0. The number of aliphatic hydroxyl groups is 1. The Morgan fingerprint density at radius 2 is 1.83 bits per heavy atom. The number of aryl methyl sites for hydroxylation is 1. The molecule has 1 atom stereocenters. The number of hydrogen-bond acceptors (Lipinski definition) is 8. The molecule has 1 saturated heterocycles. The molecule has 8 nitrogen and oxygen atoms in total. The number of aliphatic hydroxyl groups excluding tert-OH is 1. The molecule has 190 valence electrons. The number of benzene rings is 2. The number of piperazine rings is 1. The fourth-order valence-electron chi connectivity index (χ4n) is 4.00. The maximum atomic E-state index is 9.52. The van der Waals surface area contributed by atoms with E-state index in [1.165, 1.54) is 5.56 Å². The standard InChI is InChI=1S/C21H27N5O3.C7H8/c1-28-20(16-2-5-21(23)24-14-16)15-25-6-8-26(9-7-25)19-4-3-18(29-11-10-27)12-17(19)13-22;1-7-5-3-2-4-6-7/h2-5,12,14,20,27H,6-11,15H2,1H3,(H2,23,24);2-6H,1H3. The van der Waals surface area contributed by atoms with Crippen molar-refractivity contribution < 1.29 is 14.6 Å². The van der Waals surface area contributed by atoms with E-state index in [0.717, 1.165) is 44.0 Å². The first-order valence-corrected chi connectivity index (χ1v) is 12.0. The molecule has 0 saturated carbocycles. The van der Waals surface area contributed by atoms with Crippen LogP contribution in [0.5, 0.6) is 5.75 Å². The molecule has 3 N–H and O–H groups in total. The van der Waals surface area contributed by atoms with Gasteiger partial charge in [-0.15, -0.1) is 0 Å². The van der Waals surface area contributed by atoms with Crippen molar-refractivity contribution in [3.63, 3.8) is 0 Å². The molecule has 3 aromatic rings. The van der Waals surface area contributed by atoms with E-state index < -0.39 is 0 Å². The van der Waals surface area contributed by atoms with Gasteiger partial charge in [-0.05, 0) is 31.2 Å². The summed E-state index contributed by atoms with van der Waals surface area (Å²) in [7, 11) is 1.71. The SMILES string of the molecule is COC(CN1CCN(c2ccc(OCCO)cc2C#N)CC1)c1ccc(N)nc1.Cc1ccccc1. The van der Waals surface area contributed by atoms with Gasteiger partial charge in [0.1, 0.15) is 24.2 Å². The van der Waals surface area contributed by atoms with Crippen LogP contribution in [0.1, 0.15) is 22.8 Å². The summed E-state index contributed by atoms with van der Waals surface area (Å²) in [5.41, 5.74) is 9.49. The average molecular weight is 490 g/mol. The average Bonchev–Trinajstić information content (AvgIpc) is 2.92. The first kappa shape index (κ1) is 27.0. The second-order valence-corrected chi connectivity index (χ2v) is 8.55. The lowest BCUT2D eigenvalue weighted by Crippen LogP contribution is -2.47. The summed E-state index contributed by atoms with van der Waals surface area (Å²) in [6.45, 7) is 6.40. The number of nitrogens with two attached hydrogens (primary N) is 1. The van der Waals surface area contributed by atoms with Gasteiger partial charge in [0.05, 0.1) is 24.0 Å². The first-order chi connectivity index (χ1) is 17.5. The van der Waals surface area contributed by atoms with Crippen molar-refractivity contribution in [2.24, 2.45) is 0 Å². The van der Waals surface area contributed by atoms with Crippen LogP contribution in [0.3, 0.4) is 0 Å². The predicted molar refractivity (Wildman–Crippen MR) is 142 cm³/mol. The quantitative estimate of drug-likeness (QED) is 0.496. The summed E-state index contributed by atoms with van der Waals surface area (Å²) >= 11 is 0. The monoisotopic (exact) mass is 489 g/mol. The van der Waals surface area contributed by atoms with Gasteiger partial charge in [0.25, 0.3) is 0 Å².